The van der Waals surface area contributed by atoms with E-state index in [0.29, 0.717) is 11.5 Å². The minimum Gasteiger partial charge on any atom is -0.288 e. The van der Waals surface area contributed by atoms with E-state index >= 15 is 0 Å². The van der Waals surface area contributed by atoms with Crippen molar-refractivity contribution >= 4 is 5.78 Å². The lowest BCUT2D eigenvalue weighted by Crippen LogP contribution is -1.87. The number of imidazole rings is 1. The predicted octanol–water partition coefficient (Wildman–Crippen LogP) is 2.07. The summed E-state index contributed by atoms with van der Waals surface area (Å²) in [7, 11) is 0. The lowest BCUT2D eigenvalue weighted by atomic mass is 10.1. The molecule has 0 saturated carbocycles. The monoisotopic (exact) mass is 232 g/mol. The molecule has 0 amide bonds. The lowest BCUT2D eigenvalue weighted by molar-refractivity contribution is 0.585. The van der Waals surface area contributed by atoms with Crippen LogP contribution in [0.2, 0.25) is 0 Å². The Morgan fingerprint density at radius 3 is 2.82 bits per heavy atom. The first-order chi connectivity index (χ1) is 8.24. The molecule has 2 aromatic heterocycles. The molecule has 0 aliphatic carbocycles. The molecule has 84 valence electrons. The SMILES string of the molecule is Fc1ccc(-c2cn3ccnnc3n2)c(F)c1. The van der Waals surface area contributed by atoms with E-state index in [0.717, 1.165) is 6.07 Å². The van der Waals surface area contributed by atoms with Crippen LogP contribution in [-0.2, 0) is 0 Å². The topological polar surface area (TPSA) is 43.1 Å². The minimum absolute atomic E-state index is 0.233. The molecule has 0 N–H and O–H groups in total. The molecule has 0 aliphatic heterocycles. The summed E-state index contributed by atoms with van der Waals surface area (Å²) in [6.07, 6.45) is 4.76. The van der Waals surface area contributed by atoms with Gasteiger partial charge in [0.2, 0.25) is 0 Å². The maximum absolute atomic E-state index is 13.5. The third-order valence-corrected chi connectivity index (χ3v) is 2.36. The van der Waals surface area contributed by atoms with Crippen LogP contribution < -0.4 is 0 Å². The Balaban J connectivity index is 2.20. The van der Waals surface area contributed by atoms with Crippen LogP contribution in [0.1, 0.15) is 0 Å². The molecule has 3 rings (SSSR count). The summed E-state index contributed by atoms with van der Waals surface area (Å²) in [5.74, 6) is -0.901. The molecule has 0 bridgehead atoms. The average Bonchev–Trinajstić information content (AvgIpc) is 2.72. The minimum atomic E-state index is -0.652. The van der Waals surface area contributed by atoms with Gasteiger partial charge in [0.15, 0.2) is 0 Å². The zero-order valence-electron chi connectivity index (χ0n) is 8.51. The maximum atomic E-state index is 13.5. The quantitative estimate of drug-likeness (QED) is 0.645. The number of rotatable bonds is 1. The summed E-state index contributed by atoms with van der Waals surface area (Å²) >= 11 is 0. The average molecular weight is 232 g/mol. The Hall–Kier alpha value is -2.37. The molecule has 4 nitrogen and oxygen atoms in total. The normalized spacial score (nSPS) is 10.9. The molecule has 2 heterocycles. The number of fused-ring (bicyclic) bond motifs is 1. The highest BCUT2D eigenvalue weighted by Gasteiger charge is 2.10. The third kappa shape index (κ3) is 1.63. The fourth-order valence-electron chi connectivity index (χ4n) is 1.58. The van der Waals surface area contributed by atoms with Crippen LogP contribution in [0.25, 0.3) is 17.0 Å². The highest BCUT2D eigenvalue weighted by molar-refractivity contribution is 5.61. The zero-order valence-corrected chi connectivity index (χ0v) is 8.51. The van der Waals surface area contributed by atoms with E-state index in [1.54, 1.807) is 16.8 Å². The maximum Gasteiger partial charge on any atom is 0.254 e. The molecule has 0 atom stereocenters. The molecule has 0 aliphatic rings. The van der Waals surface area contributed by atoms with E-state index in [4.69, 9.17) is 0 Å². The highest BCUT2D eigenvalue weighted by atomic mass is 19.1. The summed E-state index contributed by atoms with van der Waals surface area (Å²) in [5.41, 5.74) is 0.625. The second-order valence-electron chi connectivity index (χ2n) is 3.47. The fraction of sp³-hybridized carbons (Fsp3) is 0. The molecule has 0 spiro atoms. The summed E-state index contributed by atoms with van der Waals surface area (Å²) in [6, 6.07) is 3.36. The van der Waals surface area contributed by atoms with Gasteiger partial charge in [-0.05, 0) is 12.1 Å². The molecule has 0 radical (unpaired) electrons. The van der Waals surface area contributed by atoms with Gasteiger partial charge in [-0.15, -0.1) is 5.10 Å². The van der Waals surface area contributed by atoms with Gasteiger partial charge in [0.05, 0.1) is 11.9 Å². The molecule has 0 fully saturated rings. The van der Waals surface area contributed by atoms with Crippen LogP contribution in [0.5, 0.6) is 0 Å². The lowest BCUT2D eigenvalue weighted by Gasteiger charge is -1.97. The number of aromatic nitrogens is 4. The van der Waals surface area contributed by atoms with E-state index in [1.807, 2.05) is 0 Å². The number of benzene rings is 1. The molecule has 0 unspecified atom stereocenters. The van der Waals surface area contributed by atoms with Crippen molar-refractivity contribution < 1.29 is 8.78 Å². The molecular weight excluding hydrogens is 226 g/mol. The van der Waals surface area contributed by atoms with Crippen molar-refractivity contribution in [2.45, 2.75) is 0 Å². The van der Waals surface area contributed by atoms with Crippen LogP contribution in [0.15, 0.2) is 36.8 Å². The van der Waals surface area contributed by atoms with Crippen LogP contribution in [0, 0.1) is 11.6 Å². The van der Waals surface area contributed by atoms with Gasteiger partial charge in [-0.1, -0.05) is 0 Å². The largest absolute Gasteiger partial charge is 0.288 e. The Morgan fingerprint density at radius 2 is 2.06 bits per heavy atom. The van der Waals surface area contributed by atoms with E-state index in [2.05, 4.69) is 15.2 Å². The molecule has 1 aromatic carbocycles. The van der Waals surface area contributed by atoms with Crippen molar-refractivity contribution in [3.05, 3.63) is 48.4 Å². The molecule has 0 saturated heterocycles. The highest BCUT2D eigenvalue weighted by Crippen LogP contribution is 2.22. The Labute approximate surface area is 94.6 Å². The van der Waals surface area contributed by atoms with Gasteiger partial charge in [0, 0.05) is 24.0 Å². The zero-order chi connectivity index (χ0) is 11.8. The third-order valence-electron chi connectivity index (χ3n) is 2.36. The Kier molecular flexibility index (Phi) is 2.07. The number of hydrogen-bond acceptors (Lipinski definition) is 3. The van der Waals surface area contributed by atoms with E-state index in [9.17, 15) is 8.78 Å². The van der Waals surface area contributed by atoms with Crippen molar-refractivity contribution in [1.29, 1.82) is 0 Å². The summed E-state index contributed by atoms with van der Waals surface area (Å²) in [5, 5.41) is 7.45. The number of nitrogens with zero attached hydrogens (tertiary/aromatic N) is 4. The van der Waals surface area contributed by atoms with Crippen molar-refractivity contribution in [2.75, 3.05) is 0 Å². The van der Waals surface area contributed by atoms with E-state index < -0.39 is 11.6 Å². The predicted molar refractivity (Wildman–Crippen MR) is 56.1 cm³/mol. The van der Waals surface area contributed by atoms with Gasteiger partial charge in [-0.25, -0.2) is 13.8 Å². The first kappa shape index (κ1) is 9.83. The van der Waals surface area contributed by atoms with Gasteiger partial charge >= 0.3 is 0 Å². The van der Waals surface area contributed by atoms with Gasteiger partial charge in [-0.3, -0.25) is 4.40 Å². The van der Waals surface area contributed by atoms with Crippen molar-refractivity contribution in [3.8, 4) is 11.3 Å². The second kappa shape index (κ2) is 3.58. The second-order valence-corrected chi connectivity index (χ2v) is 3.47. The smallest absolute Gasteiger partial charge is 0.254 e. The molecular formula is C11H6F2N4. The van der Waals surface area contributed by atoms with Crippen molar-refractivity contribution in [1.82, 2.24) is 19.6 Å². The number of halogens is 2. The molecule has 17 heavy (non-hydrogen) atoms. The molecule has 3 aromatic rings. The standard InChI is InChI=1S/C11H6F2N4/c12-7-1-2-8(9(13)5-7)10-6-17-4-3-14-16-11(17)15-10/h1-6H. The van der Waals surface area contributed by atoms with Gasteiger partial charge in [-0.2, -0.15) is 5.10 Å². The van der Waals surface area contributed by atoms with Gasteiger partial charge < -0.3 is 0 Å². The Bertz CT molecular complexity index is 660. The van der Waals surface area contributed by atoms with Crippen LogP contribution in [0.4, 0.5) is 8.78 Å². The fourth-order valence-corrected chi connectivity index (χ4v) is 1.58. The first-order valence-electron chi connectivity index (χ1n) is 4.86. The summed E-state index contributed by atoms with van der Waals surface area (Å²) < 4.78 is 27.9. The van der Waals surface area contributed by atoms with Crippen LogP contribution in [-0.4, -0.2) is 19.6 Å². The molecule has 6 heteroatoms. The van der Waals surface area contributed by atoms with Crippen molar-refractivity contribution in [2.24, 2.45) is 0 Å². The summed E-state index contributed by atoms with van der Waals surface area (Å²) in [6.45, 7) is 0. The van der Waals surface area contributed by atoms with E-state index in [1.165, 1.54) is 18.3 Å². The van der Waals surface area contributed by atoms with Crippen LogP contribution >= 0.6 is 0 Å². The first-order valence-corrected chi connectivity index (χ1v) is 4.86. The number of hydrogen-bond donors (Lipinski definition) is 0. The van der Waals surface area contributed by atoms with Gasteiger partial charge in [0.1, 0.15) is 11.6 Å². The summed E-state index contributed by atoms with van der Waals surface area (Å²) in [4.78, 5) is 4.10. The van der Waals surface area contributed by atoms with Crippen molar-refractivity contribution in [3.63, 3.8) is 0 Å². The van der Waals surface area contributed by atoms with Crippen LogP contribution in [0.3, 0.4) is 0 Å². The Morgan fingerprint density at radius 1 is 1.18 bits per heavy atom. The van der Waals surface area contributed by atoms with Gasteiger partial charge in [0.25, 0.3) is 5.78 Å². The van der Waals surface area contributed by atoms with E-state index in [-0.39, 0.29) is 5.56 Å².